The molecule has 30 heavy (non-hydrogen) atoms. The Morgan fingerprint density at radius 3 is 2.47 bits per heavy atom. The summed E-state index contributed by atoms with van der Waals surface area (Å²) in [5, 5.41) is 3.32. The molecule has 150 valence electrons. The van der Waals surface area contributed by atoms with Gasteiger partial charge in [-0.1, -0.05) is 36.0 Å². The fourth-order valence-electron chi connectivity index (χ4n) is 2.98. The zero-order valence-electron chi connectivity index (χ0n) is 16.0. The number of Topliss-reactive ketones (excluding diaryl/α,β-unsaturated/α-hetero) is 1. The summed E-state index contributed by atoms with van der Waals surface area (Å²) in [6.45, 7) is 0.822. The lowest BCUT2D eigenvalue weighted by Crippen LogP contribution is -2.16. The highest BCUT2D eigenvalue weighted by molar-refractivity contribution is 7.99. The Bertz CT molecular complexity index is 1160. The maximum Gasteiger partial charge on any atom is 0.342 e. The predicted octanol–water partition coefficient (Wildman–Crippen LogP) is 4.86. The van der Waals surface area contributed by atoms with E-state index in [2.05, 4.69) is 5.32 Å². The maximum absolute atomic E-state index is 12.6. The summed E-state index contributed by atoms with van der Waals surface area (Å²) in [4.78, 5) is 38.3. The van der Waals surface area contributed by atoms with Crippen LogP contribution in [0.4, 0.5) is 11.4 Å². The number of carbonyl (C=O) groups is 3. The van der Waals surface area contributed by atoms with Gasteiger partial charge in [-0.05, 0) is 42.5 Å². The molecule has 0 atom stereocenters. The van der Waals surface area contributed by atoms with Gasteiger partial charge < -0.3 is 14.8 Å². The van der Waals surface area contributed by atoms with Crippen LogP contribution >= 0.6 is 11.8 Å². The minimum absolute atomic E-state index is 0.0839. The number of ketones is 1. The highest BCUT2D eigenvalue weighted by atomic mass is 32.2. The summed E-state index contributed by atoms with van der Waals surface area (Å²) in [6, 6.07) is 19.5. The van der Waals surface area contributed by atoms with Crippen LogP contribution in [-0.4, -0.2) is 24.3 Å². The van der Waals surface area contributed by atoms with E-state index in [9.17, 15) is 14.4 Å². The molecule has 0 fully saturated rings. The van der Waals surface area contributed by atoms with Crippen LogP contribution in [0.1, 0.15) is 27.6 Å². The summed E-state index contributed by atoms with van der Waals surface area (Å²) in [6.07, 6.45) is 0. The number of ether oxygens (including phenoxy) is 2. The molecule has 0 bridgehead atoms. The molecule has 0 saturated heterocycles. The van der Waals surface area contributed by atoms with Crippen LogP contribution in [0.25, 0.3) is 0 Å². The minimum atomic E-state index is -0.735. The fraction of sp³-hybridized carbons (Fsp3) is 0.0870. The van der Waals surface area contributed by atoms with Gasteiger partial charge >= 0.3 is 11.9 Å². The summed E-state index contributed by atoms with van der Waals surface area (Å²) in [7, 11) is 0. The highest BCUT2D eigenvalue weighted by Crippen LogP contribution is 2.44. The average Bonchev–Trinajstić information content (AvgIpc) is 2.75. The first-order valence-corrected chi connectivity index (χ1v) is 9.98. The lowest BCUT2D eigenvalue weighted by molar-refractivity contribution is -0.131. The van der Waals surface area contributed by atoms with Crippen LogP contribution in [0.5, 0.6) is 5.75 Å². The molecule has 0 saturated carbocycles. The second-order valence-corrected chi connectivity index (χ2v) is 7.61. The zero-order chi connectivity index (χ0) is 21.1. The van der Waals surface area contributed by atoms with Crippen molar-refractivity contribution in [2.45, 2.75) is 16.7 Å². The molecule has 0 aliphatic carbocycles. The monoisotopic (exact) mass is 419 g/mol. The number of anilines is 2. The van der Waals surface area contributed by atoms with Crippen molar-refractivity contribution in [3.05, 3.63) is 77.9 Å². The third-order valence-corrected chi connectivity index (χ3v) is 5.52. The van der Waals surface area contributed by atoms with Crippen molar-refractivity contribution in [2.75, 3.05) is 11.9 Å². The van der Waals surface area contributed by atoms with Gasteiger partial charge in [-0.15, -0.1) is 0 Å². The van der Waals surface area contributed by atoms with E-state index in [4.69, 9.17) is 9.47 Å². The number of fused-ring (bicyclic) bond motifs is 2. The second kappa shape index (κ2) is 8.42. The lowest BCUT2D eigenvalue weighted by Gasteiger charge is -2.21. The molecule has 3 aromatic rings. The number of hydrogen-bond donors (Lipinski definition) is 1. The van der Waals surface area contributed by atoms with E-state index in [0.717, 1.165) is 21.2 Å². The quantitative estimate of drug-likeness (QED) is 0.281. The molecule has 4 rings (SSSR count). The molecular weight excluding hydrogens is 402 g/mol. The summed E-state index contributed by atoms with van der Waals surface area (Å²) in [5.74, 6) is -1.52. The number of esters is 2. The van der Waals surface area contributed by atoms with Gasteiger partial charge in [-0.3, -0.25) is 9.59 Å². The molecule has 1 N–H and O–H groups in total. The number of nitrogens with one attached hydrogen (secondary N) is 1. The van der Waals surface area contributed by atoms with E-state index < -0.39 is 18.5 Å². The van der Waals surface area contributed by atoms with Crippen LogP contribution in [0.15, 0.2) is 76.5 Å². The Morgan fingerprint density at radius 1 is 0.900 bits per heavy atom. The van der Waals surface area contributed by atoms with Crippen molar-refractivity contribution < 1.29 is 23.9 Å². The second-order valence-electron chi connectivity index (χ2n) is 6.52. The van der Waals surface area contributed by atoms with Gasteiger partial charge in [-0.2, -0.15) is 0 Å². The van der Waals surface area contributed by atoms with Crippen LogP contribution < -0.4 is 10.1 Å². The number of hydrogen-bond acceptors (Lipinski definition) is 7. The van der Waals surface area contributed by atoms with Gasteiger partial charge in [0.15, 0.2) is 12.4 Å². The van der Waals surface area contributed by atoms with Crippen molar-refractivity contribution >= 4 is 40.9 Å². The first kappa shape index (κ1) is 19.7. The van der Waals surface area contributed by atoms with Gasteiger partial charge in [-0.25, -0.2) is 4.79 Å². The molecule has 1 aliphatic rings. The van der Waals surface area contributed by atoms with Gasteiger partial charge in [0.1, 0.15) is 11.3 Å². The van der Waals surface area contributed by atoms with Crippen molar-refractivity contribution in [1.82, 2.24) is 0 Å². The van der Waals surface area contributed by atoms with Crippen molar-refractivity contribution in [3.63, 3.8) is 0 Å². The SMILES string of the molecule is CC(=O)Oc1ccccc1C(=O)OCC(=O)c1ccc2c(c1)Nc1ccccc1S2. The number of rotatable bonds is 5. The molecule has 0 spiro atoms. The molecular formula is C23H17NO5S. The largest absolute Gasteiger partial charge is 0.454 e. The zero-order valence-corrected chi connectivity index (χ0v) is 16.8. The van der Waals surface area contributed by atoms with E-state index in [1.807, 2.05) is 30.3 Å². The van der Waals surface area contributed by atoms with Gasteiger partial charge in [0.05, 0.1) is 11.4 Å². The first-order valence-electron chi connectivity index (χ1n) is 9.17. The Balaban J connectivity index is 1.44. The van der Waals surface area contributed by atoms with E-state index in [1.54, 1.807) is 36.0 Å². The summed E-state index contributed by atoms with van der Waals surface area (Å²) in [5.41, 5.74) is 2.33. The topological polar surface area (TPSA) is 81.7 Å². The molecule has 1 aliphatic heterocycles. The van der Waals surface area contributed by atoms with Crippen molar-refractivity contribution in [2.24, 2.45) is 0 Å². The van der Waals surface area contributed by atoms with Crippen LogP contribution in [0, 0.1) is 0 Å². The van der Waals surface area contributed by atoms with Crippen LogP contribution in [0.3, 0.4) is 0 Å². The number of benzene rings is 3. The Kier molecular flexibility index (Phi) is 5.54. The van der Waals surface area contributed by atoms with Crippen LogP contribution in [0.2, 0.25) is 0 Å². The van der Waals surface area contributed by atoms with Gasteiger partial charge in [0.25, 0.3) is 0 Å². The first-order chi connectivity index (χ1) is 14.5. The third-order valence-electron chi connectivity index (χ3n) is 4.37. The molecule has 1 heterocycles. The highest BCUT2D eigenvalue weighted by Gasteiger charge is 2.19. The van der Waals surface area contributed by atoms with Gasteiger partial charge in [0.2, 0.25) is 0 Å². The number of carbonyl (C=O) groups excluding carboxylic acids is 3. The van der Waals surface area contributed by atoms with E-state index in [1.165, 1.54) is 19.1 Å². The molecule has 0 unspecified atom stereocenters. The summed E-state index contributed by atoms with van der Waals surface area (Å²) >= 11 is 1.62. The minimum Gasteiger partial charge on any atom is -0.454 e. The lowest BCUT2D eigenvalue weighted by atomic mass is 10.1. The van der Waals surface area contributed by atoms with E-state index in [0.29, 0.717) is 5.56 Å². The summed E-state index contributed by atoms with van der Waals surface area (Å²) < 4.78 is 10.2. The van der Waals surface area contributed by atoms with E-state index >= 15 is 0 Å². The van der Waals surface area contributed by atoms with Gasteiger partial charge in [0, 0.05) is 22.3 Å². The number of para-hydroxylation sites is 2. The average molecular weight is 419 g/mol. The third kappa shape index (κ3) is 4.21. The molecule has 0 amide bonds. The fourth-order valence-corrected chi connectivity index (χ4v) is 3.95. The molecule has 3 aromatic carbocycles. The molecule has 6 nitrogen and oxygen atoms in total. The molecule has 0 aromatic heterocycles. The van der Waals surface area contributed by atoms with Crippen molar-refractivity contribution in [1.29, 1.82) is 0 Å². The molecule has 7 heteroatoms. The Morgan fingerprint density at radius 2 is 1.63 bits per heavy atom. The van der Waals surface area contributed by atoms with E-state index in [-0.39, 0.29) is 17.1 Å². The smallest absolute Gasteiger partial charge is 0.342 e. The molecule has 0 radical (unpaired) electrons. The van der Waals surface area contributed by atoms with Crippen LogP contribution in [-0.2, 0) is 9.53 Å². The normalized spacial score (nSPS) is 11.5. The standard InChI is InChI=1S/C23H17NO5S/c1-14(25)29-20-8-4-2-6-16(20)23(27)28-13-19(26)15-10-11-22-18(12-15)24-17-7-3-5-9-21(17)30-22/h2-12,24H,13H2,1H3. The van der Waals surface area contributed by atoms with Crippen molar-refractivity contribution in [3.8, 4) is 5.75 Å². The Labute approximate surface area is 177 Å². The maximum atomic E-state index is 12.6. The Hall–Kier alpha value is -3.58. The predicted molar refractivity (Wildman–Crippen MR) is 113 cm³/mol.